The van der Waals surface area contributed by atoms with E-state index in [1.54, 1.807) is 10.9 Å². The summed E-state index contributed by atoms with van der Waals surface area (Å²) in [6.45, 7) is 3.21. The molecule has 30 heavy (non-hydrogen) atoms. The standard InChI is InChI=1S/C24H24N4O2/c1-18-13-14-22(30-18)23-21(17-28(27-23)20-11-6-3-7-12-20)24(29)26-16-8-15-25-19-9-4-2-5-10-19/h2-7,9-14,17,25H,8,15-16H2,1H3,(H,26,29). The largest absolute Gasteiger partial charge is 0.460 e. The monoisotopic (exact) mass is 400 g/mol. The Morgan fingerprint density at radius 3 is 2.40 bits per heavy atom. The molecule has 6 heteroatoms. The van der Waals surface area contributed by atoms with Gasteiger partial charge in [-0.3, -0.25) is 4.79 Å². The number of hydrogen-bond acceptors (Lipinski definition) is 4. The number of para-hydroxylation sites is 2. The highest BCUT2D eigenvalue weighted by molar-refractivity contribution is 5.99. The van der Waals surface area contributed by atoms with E-state index in [2.05, 4.69) is 15.7 Å². The third-order valence-corrected chi connectivity index (χ3v) is 4.70. The number of nitrogens with zero attached hydrogens (tertiary/aromatic N) is 2. The number of carbonyl (C=O) groups is 1. The molecular weight excluding hydrogens is 376 g/mol. The second-order valence-electron chi connectivity index (χ2n) is 6.98. The summed E-state index contributed by atoms with van der Waals surface area (Å²) in [4.78, 5) is 12.9. The van der Waals surface area contributed by atoms with Crippen molar-refractivity contribution < 1.29 is 9.21 Å². The van der Waals surface area contributed by atoms with Gasteiger partial charge >= 0.3 is 0 Å². The minimum Gasteiger partial charge on any atom is -0.460 e. The average Bonchev–Trinajstić information content (AvgIpc) is 3.41. The van der Waals surface area contributed by atoms with E-state index >= 15 is 0 Å². The number of nitrogens with one attached hydrogen (secondary N) is 2. The highest BCUT2D eigenvalue weighted by atomic mass is 16.3. The molecule has 4 rings (SSSR count). The van der Waals surface area contributed by atoms with Crippen molar-refractivity contribution in [1.82, 2.24) is 15.1 Å². The summed E-state index contributed by atoms with van der Waals surface area (Å²) in [6, 6.07) is 23.4. The molecule has 0 fully saturated rings. The van der Waals surface area contributed by atoms with Gasteiger partial charge in [0.15, 0.2) is 5.76 Å². The topological polar surface area (TPSA) is 72.1 Å². The van der Waals surface area contributed by atoms with Gasteiger partial charge in [0.05, 0.1) is 11.3 Å². The van der Waals surface area contributed by atoms with Crippen LogP contribution in [0.25, 0.3) is 17.1 Å². The van der Waals surface area contributed by atoms with Crippen LogP contribution in [0.15, 0.2) is 83.4 Å². The first kappa shape index (κ1) is 19.5. The molecule has 2 aromatic heterocycles. The van der Waals surface area contributed by atoms with Crippen LogP contribution in [0.5, 0.6) is 0 Å². The van der Waals surface area contributed by atoms with E-state index < -0.39 is 0 Å². The Kier molecular flexibility index (Phi) is 5.94. The number of aryl methyl sites for hydroxylation is 1. The molecule has 0 aliphatic carbocycles. The van der Waals surface area contributed by atoms with E-state index in [4.69, 9.17) is 4.42 Å². The SMILES string of the molecule is Cc1ccc(-c2nn(-c3ccccc3)cc2C(=O)NCCCNc2ccccc2)o1. The zero-order valence-corrected chi connectivity index (χ0v) is 16.8. The summed E-state index contributed by atoms with van der Waals surface area (Å²) < 4.78 is 7.44. The highest BCUT2D eigenvalue weighted by Crippen LogP contribution is 2.25. The molecule has 2 N–H and O–H groups in total. The Balaban J connectivity index is 1.45. The average molecular weight is 400 g/mol. The van der Waals surface area contributed by atoms with Crippen molar-refractivity contribution in [2.75, 3.05) is 18.4 Å². The lowest BCUT2D eigenvalue weighted by Crippen LogP contribution is -2.26. The van der Waals surface area contributed by atoms with E-state index in [1.807, 2.05) is 79.7 Å². The molecule has 0 spiro atoms. The summed E-state index contributed by atoms with van der Waals surface area (Å²) in [5.74, 6) is 1.19. The van der Waals surface area contributed by atoms with Crippen LogP contribution in [0.3, 0.4) is 0 Å². The number of amides is 1. The van der Waals surface area contributed by atoms with Gasteiger partial charge in [0.1, 0.15) is 11.5 Å². The van der Waals surface area contributed by atoms with Crippen molar-refractivity contribution in [1.29, 1.82) is 0 Å². The first-order chi connectivity index (χ1) is 14.7. The highest BCUT2D eigenvalue weighted by Gasteiger charge is 2.20. The molecule has 2 aromatic carbocycles. The molecule has 152 valence electrons. The fraction of sp³-hybridized carbons (Fsp3) is 0.167. The molecule has 0 radical (unpaired) electrons. The van der Waals surface area contributed by atoms with Crippen LogP contribution < -0.4 is 10.6 Å². The lowest BCUT2D eigenvalue weighted by atomic mass is 10.2. The van der Waals surface area contributed by atoms with Crippen LogP contribution in [0.4, 0.5) is 5.69 Å². The Morgan fingerprint density at radius 2 is 1.70 bits per heavy atom. The van der Waals surface area contributed by atoms with E-state index in [1.165, 1.54) is 0 Å². The summed E-state index contributed by atoms with van der Waals surface area (Å²) >= 11 is 0. The van der Waals surface area contributed by atoms with Gasteiger partial charge in [0.2, 0.25) is 0 Å². The molecule has 0 saturated carbocycles. The van der Waals surface area contributed by atoms with Crippen molar-refractivity contribution in [3.05, 3.63) is 90.3 Å². The molecule has 4 aromatic rings. The number of hydrogen-bond donors (Lipinski definition) is 2. The van der Waals surface area contributed by atoms with Crippen molar-refractivity contribution in [3.63, 3.8) is 0 Å². The van der Waals surface area contributed by atoms with Gasteiger partial charge < -0.3 is 15.1 Å². The maximum Gasteiger partial charge on any atom is 0.255 e. The third-order valence-electron chi connectivity index (χ3n) is 4.70. The van der Waals surface area contributed by atoms with Crippen LogP contribution in [-0.2, 0) is 0 Å². The van der Waals surface area contributed by atoms with Gasteiger partial charge in [0, 0.05) is 25.0 Å². The van der Waals surface area contributed by atoms with E-state index in [9.17, 15) is 4.79 Å². The summed E-state index contributed by atoms with van der Waals surface area (Å²) in [5.41, 5.74) is 2.98. The predicted molar refractivity (Wildman–Crippen MR) is 118 cm³/mol. The number of anilines is 1. The molecule has 0 aliphatic rings. The second-order valence-corrected chi connectivity index (χ2v) is 6.98. The minimum absolute atomic E-state index is 0.166. The lowest BCUT2D eigenvalue weighted by molar-refractivity contribution is 0.0954. The third kappa shape index (κ3) is 4.60. The van der Waals surface area contributed by atoms with Crippen LogP contribution in [0.2, 0.25) is 0 Å². The molecule has 6 nitrogen and oxygen atoms in total. The van der Waals surface area contributed by atoms with Gasteiger partial charge in [0.25, 0.3) is 5.91 Å². The molecule has 0 saturated heterocycles. The van der Waals surface area contributed by atoms with Crippen molar-refractivity contribution in [2.24, 2.45) is 0 Å². The van der Waals surface area contributed by atoms with Crippen molar-refractivity contribution >= 4 is 11.6 Å². The van der Waals surface area contributed by atoms with Gasteiger partial charge in [-0.15, -0.1) is 0 Å². The van der Waals surface area contributed by atoms with Gasteiger partial charge in [-0.05, 0) is 49.7 Å². The first-order valence-corrected chi connectivity index (χ1v) is 10.00. The summed E-state index contributed by atoms with van der Waals surface area (Å²) in [6.07, 6.45) is 2.56. The Morgan fingerprint density at radius 1 is 0.967 bits per heavy atom. The van der Waals surface area contributed by atoms with Gasteiger partial charge in [-0.1, -0.05) is 36.4 Å². The summed E-state index contributed by atoms with van der Waals surface area (Å²) in [7, 11) is 0. The molecule has 0 bridgehead atoms. The fourth-order valence-corrected chi connectivity index (χ4v) is 3.17. The molecule has 2 heterocycles. The minimum atomic E-state index is -0.166. The maximum absolute atomic E-state index is 12.9. The van der Waals surface area contributed by atoms with E-state index in [0.29, 0.717) is 23.6 Å². The number of rotatable bonds is 8. The summed E-state index contributed by atoms with van der Waals surface area (Å²) in [5, 5.41) is 11.0. The van der Waals surface area contributed by atoms with Crippen molar-refractivity contribution in [3.8, 4) is 17.1 Å². The number of carbonyl (C=O) groups excluding carboxylic acids is 1. The normalized spacial score (nSPS) is 10.7. The Labute approximate surface area is 175 Å². The second kappa shape index (κ2) is 9.13. The lowest BCUT2D eigenvalue weighted by Gasteiger charge is -2.07. The molecule has 0 atom stereocenters. The molecular formula is C24H24N4O2. The number of furan rings is 1. The zero-order chi connectivity index (χ0) is 20.8. The zero-order valence-electron chi connectivity index (χ0n) is 16.8. The number of benzene rings is 2. The van der Waals surface area contributed by atoms with E-state index in [0.717, 1.165) is 30.1 Å². The maximum atomic E-state index is 12.9. The van der Waals surface area contributed by atoms with Crippen LogP contribution in [0, 0.1) is 6.92 Å². The van der Waals surface area contributed by atoms with Crippen LogP contribution >= 0.6 is 0 Å². The number of aromatic nitrogens is 2. The van der Waals surface area contributed by atoms with Crippen LogP contribution in [-0.4, -0.2) is 28.8 Å². The quantitative estimate of drug-likeness (QED) is 0.422. The van der Waals surface area contributed by atoms with Crippen LogP contribution in [0.1, 0.15) is 22.5 Å². The van der Waals surface area contributed by atoms with E-state index in [-0.39, 0.29) is 5.91 Å². The van der Waals surface area contributed by atoms with Gasteiger partial charge in [-0.2, -0.15) is 5.10 Å². The predicted octanol–water partition coefficient (Wildman–Crippen LogP) is 4.67. The molecule has 1 amide bonds. The molecule has 0 aliphatic heterocycles. The Hall–Kier alpha value is -3.80. The smallest absolute Gasteiger partial charge is 0.255 e. The van der Waals surface area contributed by atoms with Crippen molar-refractivity contribution in [2.45, 2.75) is 13.3 Å². The Bertz CT molecular complexity index is 1100. The van der Waals surface area contributed by atoms with Gasteiger partial charge in [-0.25, -0.2) is 4.68 Å². The fourth-order valence-electron chi connectivity index (χ4n) is 3.17. The first-order valence-electron chi connectivity index (χ1n) is 10.00. The molecule has 0 unspecified atom stereocenters.